The smallest absolute Gasteiger partial charge is 0.470 e. The van der Waals surface area contributed by atoms with Crippen LogP contribution in [-0.2, 0) is 57.9 Å². The number of nitrogens with one attached hydrogen (secondary N) is 3. The van der Waals surface area contributed by atoms with Crippen LogP contribution in [0.15, 0.2) is 77.2 Å². The van der Waals surface area contributed by atoms with E-state index < -0.39 is 133 Å². The van der Waals surface area contributed by atoms with Crippen molar-refractivity contribution in [3.8, 4) is 0 Å². The molecule has 372 valence electrons. The number of benzene rings is 2. The number of hydrogen-bond donors (Lipinski definition) is 9. The van der Waals surface area contributed by atoms with Crippen LogP contribution in [-0.4, -0.2) is 114 Å². The number of ether oxygens (including phenoxy) is 2. The number of carbonyl (C=O) groups is 7. The highest BCUT2D eigenvalue weighted by Gasteiger charge is 2.79. The Labute approximate surface area is 405 Å². The van der Waals surface area contributed by atoms with Gasteiger partial charge in [-0.05, 0) is 80.9 Å². The highest BCUT2D eigenvalue weighted by Crippen LogP contribution is 2.72. The van der Waals surface area contributed by atoms with E-state index in [0.717, 1.165) is 10.5 Å². The Kier molecular flexibility index (Phi) is 15.2. The summed E-state index contributed by atoms with van der Waals surface area (Å²) in [5, 5.41) is 36.1. The molecule has 1 saturated heterocycles. The molecule has 0 bridgehead atoms. The van der Waals surface area contributed by atoms with Crippen LogP contribution in [0.2, 0.25) is 0 Å². The number of phosphoric ester groups is 1. The van der Waals surface area contributed by atoms with E-state index in [9.17, 15) is 58.1 Å². The molecule has 1 heterocycles. The summed E-state index contributed by atoms with van der Waals surface area (Å²) in [5.74, 6) is -6.88. The fourth-order valence-corrected chi connectivity index (χ4v) is 12.5. The Hall–Kier alpha value is -4.77. The molecule has 3 saturated carbocycles. The predicted octanol–water partition coefficient (Wildman–Crippen LogP) is 3.97. The number of alkyl halides is 1. The number of thioether (sulfide) groups is 1. The second-order valence-electron chi connectivity index (χ2n) is 18.4. The van der Waals surface area contributed by atoms with Gasteiger partial charge in [-0.15, -0.1) is 11.8 Å². The number of carbonyl (C=O) groups excluding carboxylic acids is 5. The Morgan fingerprint density at radius 2 is 1.75 bits per heavy atom. The Morgan fingerprint density at radius 1 is 1.03 bits per heavy atom. The van der Waals surface area contributed by atoms with Crippen LogP contribution in [0.4, 0.5) is 10.1 Å². The van der Waals surface area contributed by atoms with Crippen LogP contribution >= 0.6 is 32.2 Å². The summed E-state index contributed by atoms with van der Waals surface area (Å²) in [6.07, 6.45) is -0.315. The van der Waals surface area contributed by atoms with Crippen molar-refractivity contribution in [3.63, 3.8) is 0 Å². The SMILES string of the molecule is C[C@]12C=CC(=O)C=C1CC[C@H]1[C@@H]3C[C@H]4O[C@H](c5ccc(CSc6cccc(NC(=O)[C@H](CCC(=O)O)NC(=O)CNC(=O)C(S)CC(=O)O)c6)cc5)O[C@@]4(C(=O)COP(=O)(O)O)[C@@]3(C)C[C@H](O)[C@@]12F. The fraction of sp³-hybridized carbons (Fsp3) is 0.500. The van der Waals surface area contributed by atoms with Crippen molar-refractivity contribution in [2.24, 2.45) is 22.7 Å². The number of allylic oxidation sites excluding steroid dienone is 4. The van der Waals surface area contributed by atoms with Gasteiger partial charge in [-0.25, -0.2) is 8.96 Å². The van der Waals surface area contributed by atoms with Crippen LogP contribution in [0.3, 0.4) is 0 Å². The molecule has 4 aliphatic carbocycles. The van der Waals surface area contributed by atoms with Crippen LogP contribution < -0.4 is 16.0 Å². The first-order chi connectivity index (χ1) is 32.4. The summed E-state index contributed by atoms with van der Waals surface area (Å²) in [6.45, 7) is 1.75. The van der Waals surface area contributed by atoms with Gasteiger partial charge >= 0.3 is 19.8 Å². The van der Waals surface area contributed by atoms with Crippen molar-refractivity contribution < 1.29 is 81.6 Å². The molecule has 8 N–H and O–H groups in total. The van der Waals surface area contributed by atoms with Gasteiger partial charge in [0.25, 0.3) is 0 Å². The molecule has 11 atom stereocenters. The van der Waals surface area contributed by atoms with Crippen molar-refractivity contribution in [1.82, 2.24) is 10.6 Å². The molecule has 1 aliphatic heterocycles. The molecular formula is C46H53FN3O16PS2. The van der Waals surface area contributed by atoms with E-state index in [1.54, 1.807) is 50.2 Å². The molecule has 69 heavy (non-hydrogen) atoms. The Bertz CT molecular complexity index is 2530. The number of aliphatic hydroxyl groups excluding tert-OH is 1. The highest BCUT2D eigenvalue weighted by molar-refractivity contribution is 7.98. The van der Waals surface area contributed by atoms with Gasteiger partial charge < -0.3 is 50.5 Å². The van der Waals surface area contributed by atoms with Gasteiger partial charge in [0.2, 0.25) is 17.7 Å². The van der Waals surface area contributed by atoms with Gasteiger partial charge in [-0.1, -0.05) is 48.9 Å². The number of aliphatic hydroxyl groups is 1. The minimum absolute atomic E-state index is 0.135. The third-order valence-corrected chi connectivity index (χ3v) is 16.3. The number of rotatable bonds is 19. The molecule has 2 aromatic carbocycles. The average molecular weight is 1020 g/mol. The second-order valence-corrected chi connectivity index (χ2v) is 21.3. The number of ketones is 2. The number of thiol groups is 1. The Balaban J connectivity index is 1.02. The average Bonchev–Trinajstić information content (AvgIpc) is 3.78. The summed E-state index contributed by atoms with van der Waals surface area (Å²) >= 11 is 5.31. The summed E-state index contributed by atoms with van der Waals surface area (Å²) in [4.78, 5) is 107. The monoisotopic (exact) mass is 1020 g/mol. The standard InChI is InChI=1S/C46H53FN3O16PS2/c1-43-15-14-28(51)16-26(43)10-11-30-31-18-36-46(35(53)22-64-67(61,62)63,44(31,2)20-34(52)45(30,43)47)66-42(65-36)25-8-6-24(7-9-25)23-69-29-5-3-4-27(17-29)49-40(59)32(12-13-38(55)56)50-37(54)21-48-41(60)33(68)19-39(57)58/h3-9,14-17,30-34,36,42,52,68H,10-13,18-23H2,1-2H3,(H,48,60)(H,49,59)(H,50,54)(H,55,56)(H,57,58)(H2,61,62,63)/t30-,31-,32-,33?,34-,36+,42-,43-,44-,45-,46+/m0/s1. The third kappa shape index (κ3) is 10.4. The maximum Gasteiger partial charge on any atom is 0.470 e. The van der Waals surface area contributed by atoms with E-state index in [-0.39, 0.29) is 31.5 Å². The van der Waals surface area contributed by atoms with Gasteiger partial charge in [0.15, 0.2) is 29.1 Å². The Morgan fingerprint density at radius 3 is 2.43 bits per heavy atom. The number of aliphatic carboxylic acids is 2. The maximum absolute atomic E-state index is 17.9. The third-order valence-electron chi connectivity index (χ3n) is 14.3. The zero-order valence-electron chi connectivity index (χ0n) is 37.4. The molecular weight excluding hydrogens is 965 g/mol. The second kappa shape index (κ2) is 20.2. The minimum Gasteiger partial charge on any atom is -0.481 e. The van der Waals surface area contributed by atoms with Gasteiger partial charge in [0.1, 0.15) is 12.6 Å². The van der Waals surface area contributed by atoms with Gasteiger partial charge in [0.05, 0.1) is 30.4 Å². The largest absolute Gasteiger partial charge is 0.481 e. The summed E-state index contributed by atoms with van der Waals surface area (Å²) in [7, 11) is -5.12. The van der Waals surface area contributed by atoms with E-state index >= 15 is 4.39 Å². The molecule has 3 amide bonds. The van der Waals surface area contributed by atoms with E-state index in [2.05, 4.69) is 28.6 Å². The normalized spacial score (nSPS) is 30.9. The summed E-state index contributed by atoms with van der Waals surface area (Å²) in [5.41, 5.74) is -4.42. The predicted molar refractivity (Wildman–Crippen MR) is 246 cm³/mol. The first-order valence-corrected chi connectivity index (χ1v) is 25.1. The lowest BCUT2D eigenvalue weighted by Gasteiger charge is -2.62. The number of phosphoric acid groups is 1. The quantitative estimate of drug-likeness (QED) is 0.0546. The molecule has 5 aliphatic rings. The first-order valence-electron chi connectivity index (χ1n) is 22.1. The number of halogens is 1. The minimum atomic E-state index is -5.12. The van der Waals surface area contributed by atoms with Crippen molar-refractivity contribution >= 4 is 79.1 Å². The lowest BCUT2D eigenvalue weighted by Crippen LogP contribution is -2.69. The lowest BCUT2D eigenvalue weighted by molar-refractivity contribution is -0.231. The molecule has 1 unspecified atom stereocenters. The van der Waals surface area contributed by atoms with E-state index in [4.69, 9.17) is 19.1 Å². The number of Topliss-reactive ketones (excluding diaryl/α,β-unsaturated/α-hetero) is 1. The van der Waals surface area contributed by atoms with Crippen molar-refractivity contribution in [2.45, 2.75) is 111 Å². The van der Waals surface area contributed by atoms with E-state index in [0.29, 0.717) is 29.0 Å². The molecule has 0 radical (unpaired) electrons. The summed E-state index contributed by atoms with van der Waals surface area (Å²) < 4.78 is 47.6. The fourth-order valence-electron chi connectivity index (χ4n) is 11.0. The molecule has 4 fully saturated rings. The lowest BCUT2D eigenvalue weighted by atomic mass is 9.44. The van der Waals surface area contributed by atoms with Crippen molar-refractivity contribution in [1.29, 1.82) is 0 Å². The number of carboxylic acids is 2. The number of hydrogen-bond acceptors (Lipinski definition) is 14. The number of carboxylic acid groups (broad SMARTS) is 2. The van der Waals surface area contributed by atoms with Crippen LogP contribution in [0, 0.1) is 22.7 Å². The number of fused-ring (bicyclic) bond motifs is 7. The molecule has 0 aromatic heterocycles. The zero-order valence-corrected chi connectivity index (χ0v) is 40.0. The summed E-state index contributed by atoms with van der Waals surface area (Å²) in [6, 6.07) is 12.5. The molecule has 19 nitrogen and oxygen atoms in total. The number of amides is 3. The van der Waals surface area contributed by atoms with E-state index in [1.807, 2.05) is 12.1 Å². The van der Waals surface area contributed by atoms with Gasteiger partial charge in [-0.2, -0.15) is 12.6 Å². The van der Waals surface area contributed by atoms with Crippen molar-refractivity contribution in [2.75, 3.05) is 18.5 Å². The molecule has 0 spiro atoms. The van der Waals surface area contributed by atoms with Crippen molar-refractivity contribution in [3.05, 3.63) is 83.5 Å². The van der Waals surface area contributed by atoms with Gasteiger partial charge in [0, 0.05) is 45.1 Å². The van der Waals surface area contributed by atoms with E-state index in [1.165, 1.54) is 30.0 Å². The van der Waals surface area contributed by atoms with Crippen LogP contribution in [0.1, 0.15) is 76.2 Å². The topological polar surface area (TPSA) is 301 Å². The van der Waals surface area contributed by atoms with Crippen LogP contribution in [0.25, 0.3) is 0 Å². The number of anilines is 1. The zero-order chi connectivity index (χ0) is 50.3. The highest BCUT2D eigenvalue weighted by atomic mass is 32.2. The van der Waals surface area contributed by atoms with Gasteiger partial charge in [-0.3, -0.25) is 38.1 Å². The first kappa shape index (κ1) is 52.1. The molecule has 23 heteroatoms. The maximum atomic E-state index is 17.9. The molecule has 7 rings (SSSR count). The van der Waals surface area contributed by atoms with Crippen LogP contribution in [0.5, 0.6) is 0 Å². The molecule has 2 aromatic rings.